The highest BCUT2D eigenvalue weighted by molar-refractivity contribution is 14.1. The molecule has 0 bridgehead atoms. The maximum Gasteiger partial charge on any atom is 0.0700 e. The minimum Gasteiger partial charge on any atom is -0.391 e. The number of hydrogen-bond acceptors (Lipinski definition) is 2. The van der Waals surface area contributed by atoms with Gasteiger partial charge in [0.05, 0.1) is 6.10 Å². The molecule has 2 unspecified atom stereocenters. The molecular weight excluding hydrogens is 217 g/mol. The molecule has 0 aromatic rings. The molecule has 2 N–H and O–H groups in total. The summed E-state index contributed by atoms with van der Waals surface area (Å²) < 4.78 is 3.03. The van der Waals surface area contributed by atoms with Crippen molar-refractivity contribution in [1.82, 2.24) is 3.53 Å². The van der Waals surface area contributed by atoms with Gasteiger partial charge >= 0.3 is 0 Å². The highest BCUT2D eigenvalue weighted by Gasteiger charge is 2.23. The first kappa shape index (κ1) is 6.77. The van der Waals surface area contributed by atoms with Crippen LogP contribution in [0, 0.1) is 0 Å². The highest BCUT2D eigenvalue weighted by Crippen LogP contribution is 2.19. The lowest BCUT2D eigenvalue weighted by Crippen LogP contribution is -2.28. The number of rotatable bonds is 1. The lowest BCUT2D eigenvalue weighted by Gasteiger charge is -2.09. The summed E-state index contributed by atoms with van der Waals surface area (Å²) in [6.07, 6.45) is 3.18. The van der Waals surface area contributed by atoms with Crippen molar-refractivity contribution in [3.63, 3.8) is 0 Å². The molecule has 0 heterocycles. The molecule has 1 aliphatic carbocycles. The van der Waals surface area contributed by atoms with E-state index in [1.807, 2.05) is 0 Å². The van der Waals surface area contributed by atoms with E-state index >= 15 is 0 Å². The molecule has 2 nitrogen and oxygen atoms in total. The van der Waals surface area contributed by atoms with Crippen LogP contribution >= 0.6 is 22.9 Å². The molecule has 0 radical (unpaired) electrons. The van der Waals surface area contributed by atoms with Crippen molar-refractivity contribution in [3.8, 4) is 0 Å². The molecule has 8 heavy (non-hydrogen) atoms. The van der Waals surface area contributed by atoms with Gasteiger partial charge in [0.25, 0.3) is 0 Å². The first-order valence-electron chi connectivity index (χ1n) is 2.89. The molecule has 2 atom stereocenters. The molecule has 1 fully saturated rings. The standard InChI is InChI=1S/C5H10INO/c6-7-4-2-1-3-5(4)8/h4-5,7-8H,1-3H2. The van der Waals surface area contributed by atoms with Gasteiger partial charge in [0.15, 0.2) is 0 Å². The summed E-state index contributed by atoms with van der Waals surface area (Å²) in [4.78, 5) is 0. The van der Waals surface area contributed by atoms with Crippen LogP contribution in [0.1, 0.15) is 19.3 Å². The van der Waals surface area contributed by atoms with Gasteiger partial charge in [0, 0.05) is 28.9 Å². The van der Waals surface area contributed by atoms with Gasteiger partial charge in [0.1, 0.15) is 0 Å². The summed E-state index contributed by atoms with van der Waals surface area (Å²) in [6, 6.07) is 0.357. The van der Waals surface area contributed by atoms with E-state index in [2.05, 4.69) is 26.4 Å². The maximum atomic E-state index is 9.12. The highest BCUT2D eigenvalue weighted by atomic mass is 127. The molecule has 48 valence electrons. The lowest BCUT2D eigenvalue weighted by molar-refractivity contribution is 0.162. The van der Waals surface area contributed by atoms with Crippen LogP contribution in [-0.4, -0.2) is 17.3 Å². The fourth-order valence-corrected chi connectivity index (χ4v) is 1.79. The van der Waals surface area contributed by atoms with E-state index in [1.165, 1.54) is 6.42 Å². The van der Waals surface area contributed by atoms with Crippen molar-refractivity contribution in [1.29, 1.82) is 0 Å². The molecule has 0 saturated heterocycles. The second-order valence-corrected chi connectivity index (χ2v) is 2.84. The second kappa shape index (κ2) is 2.98. The van der Waals surface area contributed by atoms with E-state index in [4.69, 9.17) is 5.11 Å². The predicted molar refractivity (Wildman–Crippen MR) is 40.8 cm³/mol. The van der Waals surface area contributed by atoms with Gasteiger partial charge in [0.2, 0.25) is 0 Å². The van der Waals surface area contributed by atoms with Crippen molar-refractivity contribution < 1.29 is 5.11 Å². The number of halogens is 1. The SMILES string of the molecule is OC1CCCC1NI. The summed E-state index contributed by atoms with van der Waals surface area (Å²) >= 11 is 2.09. The fraction of sp³-hybridized carbons (Fsp3) is 1.00. The van der Waals surface area contributed by atoms with Gasteiger partial charge in [-0.3, -0.25) is 3.53 Å². The van der Waals surface area contributed by atoms with Crippen LogP contribution in [0.5, 0.6) is 0 Å². The topological polar surface area (TPSA) is 32.3 Å². The molecule has 0 spiro atoms. The Morgan fingerprint density at radius 2 is 2.25 bits per heavy atom. The average molecular weight is 227 g/mol. The van der Waals surface area contributed by atoms with Crippen LogP contribution in [0.25, 0.3) is 0 Å². The summed E-state index contributed by atoms with van der Waals surface area (Å²) in [5, 5.41) is 9.12. The lowest BCUT2D eigenvalue weighted by atomic mass is 10.2. The molecule has 0 aromatic heterocycles. The van der Waals surface area contributed by atoms with E-state index in [0.717, 1.165) is 12.8 Å². The van der Waals surface area contributed by atoms with Gasteiger partial charge in [-0.05, 0) is 19.3 Å². The van der Waals surface area contributed by atoms with Crippen molar-refractivity contribution >= 4 is 22.9 Å². The first-order valence-corrected chi connectivity index (χ1v) is 3.96. The summed E-state index contributed by atoms with van der Waals surface area (Å²) in [5.74, 6) is 0. The van der Waals surface area contributed by atoms with Crippen molar-refractivity contribution in [2.24, 2.45) is 0 Å². The zero-order chi connectivity index (χ0) is 5.98. The van der Waals surface area contributed by atoms with E-state index in [9.17, 15) is 0 Å². The van der Waals surface area contributed by atoms with E-state index in [-0.39, 0.29) is 6.10 Å². The second-order valence-electron chi connectivity index (χ2n) is 2.21. The Kier molecular flexibility index (Phi) is 2.52. The number of nitrogens with one attached hydrogen (secondary N) is 1. The zero-order valence-corrected chi connectivity index (χ0v) is 6.76. The summed E-state index contributed by atoms with van der Waals surface area (Å²) in [6.45, 7) is 0. The predicted octanol–water partition coefficient (Wildman–Crippen LogP) is 0.839. The third-order valence-electron chi connectivity index (χ3n) is 1.62. The van der Waals surface area contributed by atoms with Crippen molar-refractivity contribution in [2.45, 2.75) is 31.4 Å². The summed E-state index contributed by atoms with van der Waals surface area (Å²) in [5.41, 5.74) is 0. The largest absolute Gasteiger partial charge is 0.391 e. The fourth-order valence-electron chi connectivity index (χ4n) is 1.07. The minimum atomic E-state index is -0.0908. The molecule has 3 heteroatoms. The molecule has 1 aliphatic rings. The third-order valence-corrected chi connectivity index (χ3v) is 2.42. The van der Waals surface area contributed by atoms with Crippen LogP contribution < -0.4 is 3.53 Å². The van der Waals surface area contributed by atoms with Crippen LogP contribution in [0.3, 0.4) is 0 Å². The average Bonchev–Trinajstić information content (AvgIpc) is 2.14. The van der Waals surface area contributed by atoms with E-state index < -0.39 is 0 Å². The Labute approximate surface area is 63.2 Å². The molecule has 0 amide bonds. The van der Waals surface area contributed by atoms with Crippen LogP contribution in [0.2, 0.25) is 0 Å². The van der Waals surface area contributed by atoms with Crippen LogP contribution in [-0.2, 0) is 0 Å². The third kappa shape index (κ3) is 1.33. The monoisotopic (exact) mass is 227 g/mol. The van der Waals surface area contributed by atoms with E-state index in [1.54, 1.807) is 0 Å². The van der Waals surface area contributed by atoms with Crippen molar-refractivity contribution in [3.05, 3.63) is 0 Å². The van der Waals surface area contributed by atoms with Gasteiger partial charge in [-0.15, -0.1) is 0 Å². The quantitative estimate of drug-likeness (QED) is 0.514. The smallest absolute Gasteiger partial charge is 0.0700 e. The Bertz CT molecular complexity index is 78.8. The van der Waals surface area contributed by atoms with E-state index in [0.29, 0.717) is 6.04 Å². The van der Waals surface area contributed by atoms with Crippen molar-refractivity contribution in [2.75, 3.05) is 0 Å². The number of aliphatic hydroxyl groups is 1. The van der Waals surface area contributed by atoms with Gasteiger partial charge < -0.3 is 5.11 Å². The maximum absolute atomic E-state index is 9.12. The Morgan fingerprint density at radius 1 is 1.50 bits per heavy atom. The zero-order valence-electron chi connectivity index (χ0n) is 4.60. The molecule has 0 aliphatic heterocycles. The number of hydrogen-bond donors (Lipinski definition) is 2. The molecule has 1 rings (SSSR count). The van der Waals surface area contributed by atoms with Crippen LogP contribution in [0.4, 0.5) is 0 Å². The molecular formula is C5H10INO. The Morgan fingerprint density at radius 3 is 2.50 bits per heavy atom. The van der Waals surface area contributed by atoms with Gasteiger partial charge in [-0.25, -0.2) is 0 Å². The molecule has 1 saturated carbocycles. The van der Waals surface area contributed by atoms with Crippen LogP contribution in [0.15, 0.2) is 0 Å². The summed E-state index contributed by atoms with van der Waals surface area (Å²) in [7, 11) is 0. The molecule has 0 aromatic carbocycles. The normalized spacial score (nSPS) is 38.2. The minimum absolute atomic E-state index is 0.0908. The first-order chi connectivity index (χ1) is 3.84. The van der Waals surface area contributed by atoms with Gasteiger partial charge in [-0.2, -0.15) is 0 Å². The number of aliphatic hydroxyl groups excluding tert-OH is 1. The van der Waals surface area contributed by atoms with Gasteiger partial charge in [-0.1, -0.05) is 0 Å². The Balaban J connectivity index is 2.30. The Hall–Kier alpha value is 0.650.